The Labute approximate surface area is 114 Å². The Morgan fingerprint density at radius 2 is 2.28 bits per heavy atom. The number of hydrogen-bond donors (Lipinski definition) is 0. The van der Waals surface area contributed by atoms with Crippen LogP contribution in [-0.2, 0) is 9.53 Å². The predicted octanol–water partition coefficient (Wildman–Crippen LogP) is 3.15. The van der Waals surface area contributed by atoms with E-state index in [1.807, 2.05) is 0 Å². The van der Waals surface area contributed by atoms with Gasteiger partial charge in [0.2, 0.25) is 0 Å². The lowest BCUT2D eigenvalue weighted by molar-refractivity contribution is -0.387. The minimum atomic E-state index is -0.471. The van der Waals surface area contributed by atoms with Crippen molar-refractivity contribution in [3.05, 3.63) is 33.3 Å². The molecule has 5 nitrogen and oxygen atoms in total. The number of carbonyl (C=O) groups excluding carboxylic acids is 1. The van der Waals surface area contributed by atoms with Crippen LogP contribution < -0.4 is 0 Å². The maximum Gasteiger partial charge on any atom is 0.309 e. The van der Waals surface area contributed by atoms with Gasteiger partial charge in [-0.1, -0.05) is 18.5 Å². The Bertz CT molecular complexity index is 466. The number of nitro benzene ring substituents is 1. The monoisotopic (exact) mass is 289 g/mol. The first-order valence-electron chi connectivity index (χ1n) is 5.10. The highest BCUT2D eigenvalue weighted by Crippen LogP contribution is 2.32. The van der Waals surface area contributed by atoms with Gasteiger partial charge in [-0.15, -0.1) is 11.8 Å². The van der Waals surface area contributed by atoms with Crippen LogP contribution in [0.5, 0.6) is 0 Å². The Morgan fingerprint density at radius 3 is 2.83 bits per heavy atom. The van der Waals surface area contributed by atoms with E-state index in [4.69, 9.17) is 11.6 Å². The highest BCUT2D eigenvalue weighted by atomic mass is 35.5. The van der Waals surface area contributed by atoms with Crippen LogP contribution in [0, 0.1) is 16.0 Å². The van der Waals surface area contributed by atoms with Crippen LogP contribution in [0.4, 0.5) is 5.69 Å². The molecule has 1 aromatic rings. The standard InChI is InChI=1S/C11H12ClNO4S/c1-7(11(14)17-2)6-18-10-5-8(12)3-4-9(10)13(15)16/h3-5,7H,6H2,1-2H3. The second-order valence-electron chi connectivity index (χ2n) is 3.60. The van der Waals surface area contributed by atoms with Crippen LogP contribution in [0.3, 0.4) is 0 Å². The van der Waals surface area contributed by atoms with Crippen LogP contribution in [0.1, 0.15) is 6.92 Å². The minimum absolute atomic E-state index is 0.0125. The molecule has 98 valence electrons. The fourth-order valence-electron chi connectivity index (χ4n) is 1.24. The number of methoxy groups -OCH3 is 1. The summed E-state index contributed by atoms with van der Waals surface area (Å²) in [5, 5.41) is 11.3. The molecule has 1 atom stereocenters. The van der Waals surface area contributed by atoms with Crippen LogP contribution in [-0.4, -0.2) is 23.8 Å². The number of halogens is 1. The van der Waals surface area contributed by atoms with E-state index in [1.54, 1.807) is 6.92 Å². The average Bonchev–Trinajstić information content (AvgIpc) is 2.34. The molecule has 0 amide bonds. The molecule has 0 spiro atoms. The molecule has 0 saturated carbocycles. The summed E-state index contributed by atoms with van der Waals surface area (Å²) < 4.78 is 4.59. The molecule has 0 saturated heterocycles. The fourth-order valence-corrected chi connectivity index (χ4v) is 2.54. The van der Waals surface area contributed by atoms with Crippen molar-refractivity contribution in [2.75, 3.05) is 12.9 Å². The summed E-state index contributed by atoms with van der Waals surface area (Å²) in [6.07, 6.45) is 0. The van der Waals surface area contributed by atoms with Crippen molar-refractivity contribution >= 4 is 35.0 Å². The number of hydrogen-bond acceptors (Lipinski definition) is 5. The summed E-state index contributed by atoms with van der Waals surface area (Å²) in [4.78, 5) is 22.0. The highest BCUT2D eigenvalue weighted by Gasteiger charge is 2.18. The van der Waals surface area contributed by atoms with E-state index < -0.39 is 4.92 Å². The first kappa shape index (κ1) is 14.8. The molecule has 1 rings (SSSR count). The Balaban J connectivity index is 2.80. The quantitative estimate of drug-likeness (QED) is 0.360. The third-order valence-corrected chi connectivity index (χ3v) is 3.75. The first-order chi connectivity index (χ1) is 8.45. The van der Waals surface area contributed by atoms with Crippen molar-refractivity contribution in [3.8, 4) is 0 Å². The van der Waals surface area contributed by atoms with Crippen molar-refractivity contribution in [2.45, 2.75) is 11.8 Å². The van der Waals surface area contributed by atoms with Gasteiger partial charge >= 0.3 is 5.97 Å². The van der Waals surface area contributed by atoms with Crippen LogP contribution in [0.2, 0.25) is 5.02 Å². The molecule has 7 heteroatoms. The Morgan fingerprint density at radius 1 is 1.61 bits per heavy atom. The fraction of sp³-hybridized carbons (Fsp3) is 0.364. The van der Waals surface area contributed by atoms with Crippen LogP contribution >= 0.6 is 23.4 Å². The largest absolute Gasteiger partial charge is 0.469 e. The maximum atomic E-state index is 11.2. The van der Waals surface area contributed by atoms with Gasteiger partial charge in [0, 0.05) is 16.8 Å². The van der Waals surface area contributed by atoms with Gasteiger partial charge in [-0.2, -0.15) is 0 Å². The van der Waals surface area contributed by atoms with E-state index in [-0.39, 0.29) is 17.6 Å². The molecule has 18 heavy (non-hydrogen) atoms. The zero-order valence-electron chi connectivity index (χ0n) is 9.88. The van der Waals surface area contributed by atoms with E-state index in [9.17, 15) is 14.9 Å². The zero-order valence-corrected chi connectivity index (χ0v) is 11.5. The Hall–Kier alpha value is -1.27. The molecule has 0 radical (unpaired) electrons. The van der Waals surface area contributed by atoms with E-state index in [2.05, 4.69) is 4.74 Å². The topological polar surface area (TPSA) is 69.4 Å². The number of benzene rings is 1. The van der Waals surface area contributed by atoms with Gasteiger partial charge in [0.05, 0.1) is 22.8 Å². The number of rotatable bonds is 5. The van der Waals surface area contributed by atoms with Gasteiger partial charge in [0.25, 0.3) is 5.69 Å². The SMILES string of the molecule is COC(=O)C(C)CSc1cc(Cl)ccc1[N+](=O)[O-]. The summed E-state index contributed by atoms with van der Waals surface area (Å²) in [6, 6.07) is 4.34. The molecule has 1 unspecified atom stereocenters. The third-order valence-electron chi connectivity index (χ3n) is 2.21. The number of esters is 1. The summed E-state index contributed by atoms with van der Waals surface area (Å²) in [7, 11) is 1.31. The van der Waals surface area contributed by atoms with Crippen molar-refractivity contribution in [1.82, 2.24) is 0 Å². The molecule has 1 aromatic carbocycles. The summed E-state index contributed by atoms with van der Waals surface area (Å²) in [5.41, 5.74) is -0.0125. The second kappa shape index (κ2) is 6.61. The second-order valence-corrected chi connectivity index (χ2v) is 5.10. The smallest absolute Gasteiger partial charge is 0.309 e. The van der Waals surface area contributed by atoms with Gasteiger partial charge < -0.3 is 4.74 Å². The third kappa shape index (κ3) is 3.89. The van der Waals surface area contributed by atoms with Crippen molar-refractivity contribution in [1.29, 1.82) is 0 Å². The normalized spacial score (nSPS) is 11.9. The van der Waals surface area contributed by atoms with E-state index in [0.717, 1.165) is 0 Å². The zero-order chi connectivity index (χ0) is 13.7. The number of nitro groups is 1. The number of carbonyl (C=O) groups is 1. The van der Waals surface area contributed by atoms with Crippen molar-refractivity contribution < 1.29 is 14.5 Å². The average molecular weight is 290 g/mol. The van der Waals surface area contributed by atoms with E-state index in [0.29, 0.717) is 15.7 Å². The van der Waals surface area contributed by atoms with Crippen molar-refractivity contribution in [3.63, 3.8) is 0 Å². The molecular weight excluding hydrogens is 278 g/mol. The molecule has 0 N–H and O–H groups in total. The van der Waals surface area contributed by atoms with E-state index in [1.165, 1.54) is 37.1 Å². The predicted molar refractivity (Wildman–Crippen MR) is 70.0 cm³/mol. The molecule has 0 bridgehead atoms. The van der Waals surface area contributed by atoms with Gasteiger partial charge in [-0.3, -0.25) is 14.9 Å². The van der Waals surface area contributed by atoms with Gasteiger partial charge in [-0.25, -0.2) is 0 Å². The van der Waals surface area contributed by atoms with Crippen LogP contribution in [0.15, 0.2) is 23.1 Å². The van der Waals surface area contributed by atoms with Crippen molar-refractivity contribution in [2.24, 2.45) is 5.92 Å². The lowest BCUT2D eigenvalue weighted by Crippen LogP contribution is -2.14. The molecule has 0 aliphatic carbocycles. The molecule has 0 aromatic heterocycles. The summed E-state index contributed by atoms with van der Waals surface area (Å²) >= 11 is 7.01. The van der Waals surface area contributed by atoms with E-state index >= 15 is 0 Å². The summed E-state index contributed by atoms with van der Waals surface area (Å²) in [5.74, 6) is -0.279. The van der Waals surface area contributed by atoms with Gasteiger partial charge in [0.15, 0.2) is 0 Å². The lowest BCUT2D eigenvalue weighted by atomic mass is 10.2. The molecule has 0 heterocycles. The molecule has 0 fully saturated rings. The summed E-state index contributed by atoms with van der Waals surface area (Å²) in [6.45, 7) is 1.70. The first-order valence-corrected chi connectivity index (χ1v) is 6.46. The minimum Gasteiger partial charge on any atom is -0.469 e. The van der Waals surface area contributed by atoms with Crippen LogP contribution in [0.25, 0.3) is 0 Å². The van der Waals surface area contributed by atoms with Gasteiger partial charge in [0.1, 0.15) is 0 Å². The number of thioether (sulfide) groups is 1. The number of nitrogens with zero attached hydrogens (tertiary/aromatic N) is 1. The lowest BCUT2D eigenvalue weighted by Gasteiger charge is -2.08. The van der Waals surface area contributed by atoms with Gasteiger partial charge in [-0.05, 0) is 12.1 Å². The maximum absolute atomic E-state index is 11.2. The molecule has 0 aliphatic rings. The number of ether oxygens (including phenoxy) is 1. The Kier molecular flexibility index (Phi) is 5.43. The molecular formula is C11H12ClNO4S. The molecule has 0 aliphatic heterocycles. The highest BCUT2D eigenvalue weighted by molar-refractivity contribution is 7.99.